The molecule has 0 aromatic carbocycles. The molecule has 0 aliphatic carbocycles. The molecule has 11 heavy (non-hydrogen) atoms. The minimum absolute atomic E-state index is 0.476. The Morgan fingerprint density at radius 2 is 2.09 bits per heavy atom. The second kappa shape index (κ2) is 4.08. The Morgan fingerprint density at radius 3 is 2.64 bits per heavy atom. The van der Waals surface area contributed by atoms with E-state index < -0.39 is 0 Å². The molecule has 1 nitrogen and oxygen atoms in total. The summed E-state index contributed by atoms with van der Waals surface area (Å²) in [5.41, 5.74) is 0.476. The first-order chi connectivity index (χ1) is 5.17. The van der Waals surface area contributed by atoms with Crippen LogP contribution in [0.4, 0.5) is 0 Å². The maximum atomic E-state index is 2.63. The summed E-state index contributed by atoms with van der Waals surface area (Å²) in [4.78, 5) is 2.63. The SMILES string of the molecule is CC1(C)CCCCN1CCI. The van der Waals surface area contributed by atoms with Crippen LogP contribution in [0, 0.1) is 0 Å². The number of piperidine rings is 1. The Hall–Kier alpha value is 0.690. The van der Waals surface area contributed by atoms with E-state index in [9.17, 15) is 0 Å². The van der Waals surface area contributed by atoms with Crippen LogP contribution in [0.15, 0.2) is 0 Å². The van der Waals surface area contributed by atoms with Gasteiger partial charge in [0.05, 0.1) is 0 Å². The lowest BCUT2D eigenvalue weighted by atomic mass is 9.91. The molecule has 1 fully saturated rings. The van der Waals surface area contributed by atoms with Gasteiger partial charge in [0.2, 0.25) is 0 Å². The second-order valence-corrected chi connectivity index (χ2v) is 5.02. The monoisotopic (exact) mass is 267 g/mol. The van der Waals surface area contributed by atoms with Crippen LogP contribution in [0.1, 0.15) is 33.1 Å². The van der Waals surface area contributed by atoms with Crippen molar-refractivity contribution in [1.29, 1.82) is 0 Å². The zero-order chi connectivity index (χ0) is 8.32. The van der Waals surface area contributed by atoms with Gasteiger partial charge in [-0.15, -0.1) is 0 Å². The number of hydrogen-bond donors (Lipinski definition) is 0. The first kappa shape index (κ1) is 9.78. The predicted octanol–water partition coefficient (Wildman–Crippen LogP) is 2.69. The lowest BCUT2D eigenvalue weighted by Gasteiger charge is -2.42. The topological polar surface area (TPSA) is 3.24 Å². The fourth-order valence-electron chi connectivity index (χ4n) is 1.84. The zero-order valence-electron chi connectivity index (χ0n) is 7.57. The molecule has 0 radical (unpaired) electrons. The van der Waals surface area contributed by atoms with Gasteiger partial charge in [0, 0.05) is 16.5 Å². The van der Waals surface area contributed by atoms with E-state index in [1.807, 2.05) is 0 Å². The molecule has 1 aliphatic rings. The van der Waals surface area contributed by atoms with Crippen LogP contribution in [0.25, 0.3) is 0 Å². The molecule has 1 heterocycles. The molecule has 0 spiro atoms. The van der Waals surface area contributed by atoms with E-state index in [4.69, 9.17) is 0 Å². The van der Waals surface area contributed by atoms with Crippen LogP contribution in [-0.2, 0) is 0 Å². The Bertz CT molecular complexity index is 121. The van der Waals surface area contributed by atoms with Gasteiger partial charge in [0.1, 0.15) is 0 Å². The number of alkyl halides is 1. The summed E-state index contributed by atoms with van der Waals surface area (Å²) in [5, 5.41) is 0. The molecule has 66 valence electrons. The average Bonchev–Trinajstić information content (AvgIpc) is 1.94. The largest absolute Gasteiger partial charge is 0.297 e. The normalized spacial score (nSPS) is 25.4. The van der Waals surface area contributed by atoms with E-state index in [0.29, 0.717) is 5.54 Å². The molecule has 0 aromatic rings. The van der Waals surface area contributed by atoms with Crippen molar-refractivity contribution in [3.8, 4) is 0 Å². The Morgan fingerprint density at radius 1 is 1.36 bits per heavy atom. The van der Waals surface area contributed by atoms with Crippen molar-refractivity contribution in [2.75, 3.05) is 17.5 Å². The molecular formula is C9H18IN. The van der Waals surface area contributed by atoms with E-state index in [1.165, 1.54) is 36.8 Å². The van der Waals surface area contributed by atoms with Crippen molar-refractivity contribution >= 4 is 22.6 Å². The van der Waals surface area contributed by atoms with E-state index in [1.54, 1.807) is 0 Å². The fourth-order valence-corrected chi connectivity index (χ4v) is 2.42. The Balaban J connectivity index is 2.45. The van der Waals surface area contributed by atoms with Gasteiger partial charge >= 0.3 is 0 Å². The third-order valence-corrected chi connectivity index (χ3v) is 3.16. The van der Waals surface area contributed by atoms with Crippen LogP contribution < -0.4 is 0 Å². The van der Waals surface area contributed by atoms with Gasteiger partial charge in [-0.25, -0.2) is 0 Å². The molecule has 0 saturated carbocycles. The third-order valence-electron chi connectivity index (χ3n) is 2.68. The molecule has 1 rings (SSSR count). The minimum atomic E-state index is 0.476. The number of hydrogen-bond acceptors (Lipinski definition) is 1. The highest BCUT2D eigenvalue weighted by atomic mass is 127. The zero-order valence-corrected chi connectivity index (χ0v) is 9.73. The average molecular weight is 267 g/mol. The number of likely N-dealkylation sites (tertiary alicyclic amines) is 1. The minimum Gasteiger partial charge on any atom is -0.297 e. The summed E-state index contributed by atoms with van der Waals surface area (Å²) in [6, 6.07) is 0. The fraction of sp³-hybridized carbons (Fsp3) is 1.00. The highest BCUT2D eigenvalue weighted by Crippen LogP contribution is 2.26. The van der Waals surface area contributed by atoms with Crippen LogP contribution in [-0.4, -0.2) is 28.0 Å². The molecule has 0 N–H and O–H groups in total. The van der Waals surface area contributed by atoms with Gasteiger partial charge < -0.3 is 0 Å². The van der Waals surface area contributed by atoms with Crippen molar-refractivity contribution in [3.05, 3.63) is 0 Å². The van der Waals surface area contributed by atoms with Crippen molar-refractivity contribution < 1.29 is 0 Å². The number of halogens is 1. The van der Waals surface area contributed by atoms with Crippen LogP contribution in [0.2, 0.25) is 0 Å². The summed E-state index contributed by atoms with van der Waals surface area (Å²) in [6.45, 7) is 7.33. The smallest absolute Gasteiger partial charge is 0.0153 e. The highest BCUT2D eigenvalue weighted by molar-refractivity contribution is 14.1. The molecule has 1 aliphatic heterocycles. The second-order valence-electron chi connectivity index (χ2n) is 3.95. The number of nitrogens with zero attached hydrogens (tertiary/aromatic N) is 1. The first-order valence-electron chi connectivity index (χ1n) is 4.48. The van der Waals surface area contributed by atoms with Gasteiger partial charge in [-0.05, 0) is 33.2 Å². The molecule has 0 unspecified atom stereocenters. The Kier molecular flexibility index (Phi) is 3.62. The third kappa shape index (κ3) is 2.58. The van der Waals surface area contributed by atoms with Crippen LogP contribution in [0.5, 0.6) is 0 Å². The van der Waals surface area contributed by atoms with Crippen molar-refractivity contribution in [2.45, 2.75) is 38.6 Å². The summed E-state index contributed by atoms with van der Waals surface area (Å²) >= 11 is 2.46. The standard InChI is InChI=1S/C9H18IN/c1-9(2)5-3-4-7-11(9)8-6-10/h3-8H2,1-2H3. The van der Waals surface area contributed by atoms with E-state index >= 15 is 0 Å². The molecule has 1 saturated heterocycles. The maximum Gasteiger partial charge on any atom is 0.0153 e. The van der Waals surface area contributed by atoms with Crippen LogP contribution >= 0.6 is 22.6 Å². The van der Waals surface area contributed by atoms with Gasteiger partial charge in [-0.1, -0.05) is 29.0 Å². The quantitative estimate of drug-likeness (QED) is 0.549. The first-order valence-corrected chi connectivity index (χ1v) is 6.00. The molecule has 0 amide bonds. The predicted molar refractivity (Wildman–Crippen MR) is 58.4 cm³/mol. The summed E-state index contributed by atoms with van der Waals surface area (Å²) < 4.78 is 1.27. The van der Waals surface area contributed by atoms with E-state index in [2.05, 4.69) is 41.3 Å². The van der Waals surface area contributed by atoms with Gasteiger partial charge in [0.25, 0.3) is 0 Å². The lowest BCUT2D eigenvalue weighted by molar-refractivity contribution is 0.0853. The van der Waals surface area contributed by atoms with Crippen molar-refractivity contribution in [1.82, 2.24) is 4.90 Å². The summed E-state index contributed by atoms with van der Waals surface area (Å²) in [5.74, 6) is 0. The molecule has 0 bridgehead atoms. The maximum absolute atomic E-state index is 2.63. The summed E-state index contributed by atoms with van der Waals surface area (Å²) in [7, 11) is 0. The van der Waals surface area contributed by atoms with E-state index in [-0.39, 0.29) is 0 Å². The number of rotatable bonds is 2. The molecule has 2 heteroatoms. The summed E-state index contributed by atoms with van der Waals surface area (Å²) in [6.07, 6.45) is 4.20. The van der Waals surface area contributed by atoms with Crippen LogP contribution in [0.3, 0.4) is 0 Å². The van der Waals surface area contributed by atoms with E-state index in [0.717, 1.165) is 0 Å². The lowest BCUT2D eigenvalue weighted by Crippen LogP contribution is -2.48. The van der Waals surface area contributed by atoms with Gasteiger partial charge in [-0.3, -0.25) is 4.90 Å². The molecular weight excluding hydrogens is 249 g/mol. The molecule has 0 aromatic heterocycles. The van der Waals surface area contributed by atoms with Crippen molar-refractivity contribution in [2.24, 2.45) is 0 Å². The van der Waals surface area contributed by atoms with Gasteiger partial charge in [0.15, 0.2) is 0 Å². The van der Waals surface area contributed by atoms with Crippen molar-refractivity contribution in [3.63, 3.8) is 0 Å². The molecule has 0 atom stereocenters. The highest BCUT2D eigenvalue weighted by Gasteiger charge is 2.28. The Labute approximate surface area is 83.7 Å². The van der Waals surface area contributed by atoms with Gasteiger partial charge in [-0.2, -0.15) is 0 Å².